The van der Waals surface area contributed by atoms with Gasteiger partial charge in [-0.1, -0.05) is 17.4 Å². The maximum Gasteiger partial charge on any atom is 0.267 e. The molecule has 3 aromatic rings. The summed E-state index contributed by atoms with van der Waals surface area (Å²) in [7, 11) is 3.01. The van der Waals surface area contributed by atoms with Crippen LogP contribution in [0.4, 0.5) is 5.13 Å². The highest BCUT2D eigenvalue weighted by molar-refractivity contribution is 7.14. The Balaban J connectivity index is 2.03. The molecule has 0 fully saturated rings. The maximum atomic E-state index is 12.3. The van der Waals surface area contributed by atoms with Gasteiger partial charge in [0, 0.05) is 6.07 Å². The van der Waals surface area contributed by atoms with E-state index >= 15 is 0 Å². The normalized spacial score (nSPS) is 10.5. The molecule has 0 radical (unpaired) electrons. The Hall–Kier alpha value is -2.45. The first-order valence-corrected chi connectivity index (χ1v) is 8.23. The van der Waals surface area contributed by atoms with E-state index in [2.05, 4.69) is 10.3 Å². The largest absolute Gasteiger partial charge is 0.493 e. The summed E-state index contributed by atoms with van der Waals surface area (Å²) in [6, 6.07) is 6.69. The van der Waals surface area contributed by atoms with Gasteiger partial charge in [0.05, 0.1) is 30.0 Å². The van der Waals surface area contributed by atoms with Crippen LogP contribution in [0.1, 0.15) is 9.67 Å². The van der Waals surface area contributed by atoms with E-state index in [1.54, 1.807) is 24.3 Å². The number of carbonyl (C=O) groups is 1. The summed E-state index contributed by atoms with van der Waals surface area (Å²) in [5.41, 5.74) is 0.438. The van der Waals surface area contributed by atoms with Crippen LogP contribution in [-0.2, 0) is 0 Å². The molecule has 8 heteroatoms. The predicted octanol–water partition coefficient (Wildman–Crippen LogP) is 2.99. The molecule has 0 atom stereocenters. The SMILES string of the molecule is COc1cc2nc(NC(=O)c3cccs3)sc(=O)c2cc1OC. The standard InChI is InChI=1S/C15H12N2O4S2/c1-20-10-6-8-9(7-11(10)21-2)16-15(23-14(8)19)17-13(18)12-4-3-5-22-12/h3-7H,1-2H3,(H,16,17,18). The van der Waals surface area contributed by atoms with E-state index in [0.29, 0.717) is 27.3 Å². The molecule has 2 heterocycles. The summed E-state index contributed by atoms with van der Waals surface area (Å²) in [5, 5.41) is 5.12. The smallest absolute Gasteiger partial charge is 0.267 e. The van der Waals surface area contributed by atoms with Crippen LogP contribution in [-0.4, -0.2) is 25.1 Å². The minimum atomic E-state index is -0.289. The van der Waals surface area contributed by atoms with Crippen molar-refractivity contribution in [2.45, 2.75) is 0 Å². The Labute approximate surface area is 139 Å². The number of anilines is 1. The Morgan fingerprint density at radius 2 is 1.96 bits per heavy atom. The summed E-state index contributed by atoms with van der Waals surface area (Å²) in [5.74, 6) is 0.642. The molecule has 0 aliphatic heterocycles. The Morgan fingerprint density at radius 1 is 1.22 bits per heavy atom. The number of aromatic nitrogens is 1. The molecule has 1 aromatic carbocycles. The highest BCUT2D eigenvalue weighted by atomic mass is 32.1. The minimum absolute atomic E-state index is 0.211. The minimum Gasteiger partial charge on any atom is -0.493 e. The maximum absolute atomic E-state index is 12.3. The van der Waals surface area contributed by atoms with Gasteiger partial charge < -0.3 is 9.47 Å². The number of fused-ring (bicyclic) bond motifs is 1. The van der Waals surface area contributed by atoms with E-state index in [4.69, 9.17) is 9.47 Å². The van der Waals surface area contributed by atoms with Crippen molar-refractivity contribution in [3.63, 3.8) is 0 Å². The number of hydrogen-bond donors (Lipinski definition) is 1. The van der Waals surface area contributed by atoms with Crippen LogP contribution in [0.3, 0.4) is 0 Å². The molecule has 0 aliphatic carbocycles. The molecule has 0 bridgehead atoms. The molecule has 0 saturated carbocycles. The average molecular weight is 348 g/mol. The topological polar surface area (TPSA) is 77.5 Å². The van der Waals surface area contributed by atoms with Crippen LogP contribution < -0.4 is 19.5 Å². The molecule has 3 rings (SSSR count). The third kappa shape index (κ3) is 3.03. The van der Waals surface area contributed by atoms with Gasteiger partial charge in [0.25, 0.3) is 5.91 Å². The van der Waals surface area contributed by atoms with Gasteiger partial charge in [-0.25, -0.2) is 4.98 Å². The van der Waals surface area contributed by atoms with Crippen molar-refractivity contribution in [2.75, 3.05) is 19.5 Å². The summed E-state index contributed by atoms with van der Waals surface area (Å²) in [4.78, 5) is 29.2. The van der Waals surface area contributed by atoms with Crippen LogP contribution in [0.15, 0.2) is 34.4 Å². The van der Waals surface area contributed by atoms with E-state index in [1.165, 1.54) is 25.6 Å². The molecule has 0 aliphatic rings. The van der Waals surface area contributed by atoms with E-state index in [-0.39, 0.29) is 15.8 Å². The van der Waals surface area contributed by atoms with Crippen molar-refractivity contribution in [3.05, 3.63) is 44.1 Å². The number of carbonyl (C=O) groups excluding carboxylic acids is 1. The monoisotopic (exact) mass is 348 g/mol. The van der Waals surface area contributed by atoms with E-state index < -0.39 is 0 Å². The average Bonchev–Trinajstić information content (AvgIpc) is 3.08. The lowest BCUT2D eigenvalue weighted by Gasteiger charge is -2.09. The summed E-state index contributed by atoms with van der Waals surface area (Å²) in [6.45, 7) is 0. The van der Waals surface area contributed by atoms with Gasteiger partial charge >= 0.3 is 0 Å². The number of rotatable bonds is 4. The van der Waals surface area contributed by atoms with Crippen molar-refractivity contribution in [2.24, 2.45) is 0 Å². The molecule has 0 saturated heterocycles. The summed E-state index contributed by atoms with van der Waals surface area (Å²) >= 11 is 2.19. The fraction of sp³-hybridized carbons (Fsp3) is 0.133. The van der Waals surface area contributed by atoms with Crippen LogP contribution in [0.2, 0.25) is 0 Å². The quantitative estimate of drug-likeness (QED) is 0.784. The van der Waals surface area contributed by atoms with Crippen LogP contribution in [0.5, 0.6) is 11.5 Å². The fourth-order valence-electron chi connectivity index (χ4n) is 2.02. The Kier molecular flexibility index (Phi) is 4.26. The van der Waals surface area contributed by atoms with Gasteiger partial charge in [0.15, 0.2) is 16.6 Å². The lowest BCUT2D eigenvalue weighted by atomic mass is 10.2. The second-order valence-corrected chi connectivity index (χ2v) is 6.37. The Morgan fingerprint density at radius 3 is 2.61 bits per heavy atom. The first-order valence-electron chi connectivity index (χ1n) is 6.54. The second kappa shape index (κ2) is 6.35. The number of nitrogens with one attached hydrogen (secondary N) is 1. The number of amides is 1. The van der Waals surface area contributed by atoms with Crippen LogP contribution in [0.25, 0.3) is 10.9 Å². The predicted molar refractivity (Wildman–Crippen MR) is 91.3 cm³/mol. The van der Waals surface area contributed by atoms with Gasteiger partial charge in [0.1, 0.15) is 0 Å². The Bertz CT molecular complexity index is 919. The molecule has 6 nitrogen and oxygen atoms in total. The highest BCUT2D eigenvalue weighted by Gasteiger charge is 2.13. The molecule has 2 aromatic heterocycles. The van der Waals surface area contributed by atoms with Crippen molar-refractivity contribution in [1.82, 2.24) is 4.98 Å². The van der Waals surface area contributed by atoms with E-state index in [9.17, 15) is 9.59 Å². The van der Waals surface area contributed by atoms with Gasteiger partial charge in [0.2, 0.25) is 4.74 Å². The highest BCUT2D eigenvalue weighted by Crippen LogP contribution is 2.31. The lowest BCUT2D eigenvalue weighted by Crippen LogP contribution is -2.12. The van der Waals surface area contributed by atoms with E-state index in [1.807, 2.05) is 5.38 Å². The molecule has 0 spiro atoms. The zero-order chi connectivity index (χ0) is 16.4. The number of nitrogens with zero attached hydrogens (tertiary/aromatic N) is 1. The number of thiophene rings is 1. The molecular formula is C15H12N2O4S2. The van der Waals surface area contributed by atoms with E-state index in [0.717, 1.165) is 11.3 Å². The first kappa shape index (κ1) is 15.4. The molecule has 118 valence electrons. The number of ether oxygens (including phenoxy) is 2. The summed E-state index contributed by atoms with van der Waals surface area (Å²) in [6.07, 6.45) is 0. The van der Waals surface area contributed by atoms with Crippen molar-refractivity contribution < 1.29 is 14.3 Å². The van der Waals surface area contributed by atoms with Gasteiger partial charge in [-0.2, -0.15) is 0 Å². The van der Waals surface area contributed by atoms with Gasteiger partial charge in [-0.15, -0.1) is 11.3 Å². The number of methoxy groups -OCH3 is 2. The molecule has 1 amide bonds. The number of hydrogen-bond acceptors (Lipinski definition) is 7. The first-order chi connectivity index (χ1) is 11.1. The zero-order valence-corrected chi connectivity index (χ0v) is 13.9. The summed E-state index contributed by atoms with van der Waals surface area (Å²) < 4.78 is 10.2. The zero-order valence-electron chi connectivity index (χ0n) is 12.3. The molecular weight excluding hydrogens is 336 g/mol. The third-order valence-corrected chi connectivity index (χ3v) is 4.76. The number of benzene rings is 1. The molecule has 23 heavy (non-hydrogen) atoms. The van der Waals surface area contributed by atoms with Crippen LogP contribution in [0, 0.1) is 0 Å². The van der Waals surface area contributed by atoms with Crippen LogP contribution >= 0.6 is 22.7 Å². The lowest BCUT2D eigenvalue weighted by molar-refractivity contribution is 0.103. The fourth-order valence-corrected chi connectivity index (χ4v) is 3.37. The van der Waals surface area contributed by atoms with Crippen molar-refractivity contribution in [1.29, 1.82) is 0 Å². The van der Waals surface area contributed by atoms with Gasteiger partial charge in [-0.05, 0) is 17.5 Å². The van der Waals surface area contributed by atoms with Gasteiger partial charge in [-0.3, -0.25) is 14.9 Å². The van der Waals surface area contributed by atoms with Crippen molar-refractivity contribution >= 4 is 44.6 Å². The molecule has 1 N–H and O–H groups in total. The van der Waals surface area contributed by atoms with Crippen molar-refractivity contribution in [3.8, 4) is 11.5 Å². The second-order valence-electron chi connectivity index (χ2n) is 4.46. The third-order valence-electron chi connectivity index (χ3n) is 3.10. The molecule has 0 unspecified atom stereocenters.